The van der Waals surface area contributed by atoms with Gasteiger partial charge in [0.1, 0.15) is 0 Å². The summed E-state index contributed by atoms with van der Waals surface area (Å²) >= 11 is 0. The van der Waals surface area contributed by atoms with Crippen LogP contribution in [0.3, 0.4) is 0 Å². The zero-order chi connectivity index (χ0) is 15.2. The predicted octanol–water partition coefficient (Wildman–Crippen LogP) is 2.73. The maximum atomic E-state index is 12.0. The van der Waals surface area contributed by atoms with Crippen LogP contribution >= 0.6 is 0 Å². The molecule has 2 aromatic rings. The fraction of sp³-hybridized carbons (Fsp3) is 0.375. The molecule has 5 nitrogen and oxygen atoms in total. The van der Waals surface area contributed by atoms with Crippen molar-refractivity contribution in [3.63, 3.8) is 0 Å². The molecule has 0 radical (unpaired) electrons. The summed E-state index contributed by atoms with van der Waals surface area (Å²) in [4.78, 5) is 12.0. The Kier molecular flexibility index (Phi) is 4.98. The van der Waals surface area contributed by atoms with Crippen LogP contribution in [0.1, 0.15) is 42.2 Å². The molecule has 112 valence electrons. The average Bonchev–Trinajstić information content (AvgIpc) is 2.91. The van der Waals surface area contributed by atoms with Crippen LogP contribution in [0.4, 0.5) is 5.69 Å². The van der Waals surface area contributed by atoms with Gasteiger partial charge < -0.3 is 10.6 Å². The molecule has 0 aliphatic rings. The van der Waals surface area contributed by atoms with Crippen LogP contribution < -0.4 is 10.6 Å². The smallest absolute Gasteiger partial charge is 0.251 e. The van der Waals surface area contributed by atoms with Gasteiger partial charge >= 0.3 is 0 Å². The Bertz CT molecular complexity index is 606. The predicted molar refractivity (Wildman–Crippen MR) is 84.3 cm³/mol. The number of carbonyl (C=O) groups is 1. The minimum atomic E-state index is -0.0328. The zero-order valence-corrected chi connectivity index (χ0v) is 12.8. The number of nitrogens with one attached hydrogen (secondary N) is 2. The third-order valence-corrected chi connectivity index (χ3v) is 3.27. The quantitative estimate of drug-likeness (QED) is 0.858. The van der Waals surface area contributed by atoms with E-state index in [-0.39, 0.29) is 11.9 Å². The maximum absolute atomic E-state index is 12.0. The van der Waals surface area contributed by atoms with Crippen molar-refractivity contribution in [2.45, 2.75) is 26.3 Å². The minimum absolute atomic E-state index is 0.0328. The molecule has 0 saturated heterocycles. The van der Waals surface area contributed by atoms with Crippen molar-refractivity contribution in [3.05, 3.63) is 47.8 Å². The second-order valence-electron chi connectivity index (χ2n) is 5.15. The highest BCUT2D eigenvalue weighted by atomic mass is 16.1. The third kappa shape index (κ3) is 4.08. The summed E-state index contributed by atoms with van der Waals surface area (Å²) in [5.41, 5.74) is 2.71. The van der Waals surface area contributed by atoms with Gasteiger partial charge in [-0.15, -0.1) is 0 Å². The van der Waals surface area contributed by atoms with Crippen molar-refractivity contribution >= 4 is 11.6 Å². The molecule has 21 heavy (non-hydrogen) atoms. The lowest BCUT2D eigenvalue weighted by Gasteiger charge is -2.14. The van der Waals surface area contributed by atoms with Crippen LogP contribution in [0.25, 0.3) is 0 Å². The number of rotatable bonds is 6. The number of benzene rings is 1. The minimum Gasteiger partial charge on any atom is -0.378 e. The van der Waals surface area contributed by atoms with Gasteiger partial charge in [-0.3, -0.25) is 9.48 Å². The lowest BCUT2D eigenvalue weighted by molar-refractivity contribution is 0.0953. The van der Waals surface area contributed by atoms with Crippen LogP contribution in [0.5, 0.6) is 0 Å². The Morgan fingerprint density at radius 3 is 2.90 bits per heavy atom. The number of amides is 1. The molecule has 5 heteroatoms. The van der Waals surface area contributed by atoms with Gasteiger partial charge in [-0.1, -0.05) is 13.0 Å². The lowest BCUT2D eigenvalue weighted by Crippen LogP contribution is -2.24. The molecule has 1 unspecified atom stereocenters. The number of aromatic nitrogens is 2. The number of anilines is 1. The van der Waals surface area contributed by atoms with Crippen molar-refractivity contribution in [2.24, 2.45) is 7.05 Å². The van der Waals surface area contributed by atoms with Crippen molar-refractivity contribution in [2.75, 3.05) is 11.9 Å². The number of carbonyl (C=O) groups excluding carboxylic acids is 1. The summed E-state index contributed by atoms with van der Waals surface area (Å²) < 4.78 is 1.78. The van der Waals surface area contributed by atoms with Crippen LogP contribution in [-0.4, -0.2) is 22.2 Å². The molecule has 1 heterocycles. The van der Waals surface area contributed by atoms with Crippen LogP contribution in [0, 0.1) is 0 Å². The molecule has 1 aromatic carbocycles. The SMILES string of the molecule is CCCNC(=O)c1cccc(NC(C)c2cnn(C)c2)c1. The Hall–Kier alpha value is -2.30. The molecule has 1 atom stereocenters. The van der Waals surface area contributed by atoms with E-state index in [0.717, 1.165) is 17.7 Å². The molecule has 0 aliphatic carbocycles. The molecule has 0 saturated carbocycles. The normalized spacial score (nSPS) is 12.0. The Labute approximate surface area is 125 Å². The van der Waals surface area contributed by atoms with E-state index in [1.807, 2.05) is 50.6 Å². The standard InChI is InChI=1S/C16H22N4O/c1-4-8-17-16(21)13-6-5-7-15(9-13)19-12(2)14-10-18-20(3)11-14/h5-7,9-12,19H,4,8H2,1-3H3,(H,17,21). The molecular formula is C16H22N4O. The van der Waals surface area contributed by atoms with E-state index in [0.29, 0.717) is 12.1 Å². The summed E-state index contributed by atoms with van der Waals surface area (Å²) in [6.45, 7) is 4.80. The number of hydrogen-bond donors (Lipinski definition) is 2. The summed E-state index contributed by atoms with van der Waals surface area (Å²) in [5.74, 6) is -0.0328. The highest BCUT2D eigenvalue weighted by molar-refractivity contribution is 5.95. The van der Waals surface area contributed by atoms with Gasteiger partial charge in [0.25, 0.3) is 5.91 Å². The Morgan fingerprint density at radius 2 is 2.24 bits per heavy atom. The van der Waals surface area contributed by atoms with E-state index < -0.39 is 0 Å². The van der Waals surface area contributed by atoms with Crippen molar-refractivity contribution in [1.82, 2.24) is 15.1 Å². The van der Waals surface area contributed by atoms with Gasteiger partial charge in [-0.2, -0.15) is 5.10 Å². The second kappa shape index (κ2) is 6.92. The highest BCUT2D eigenvalue weighted by Crippen LogP contribution is 2.19. The number of aryl methyl sites for hydroxylation is 1. The van der Waals surface area contributed by atoms with Gasteiger partial charge in [0, 0.05) is 36.6 Å². The van der Waals surface area contributed by atoms with Gasteiger partial charge in [0.2, 0.25) is 0 Å². The molecule has 0 spiro atoms. The second-order valence-corrected chi connectivity index (χ2v) is 5.15. The van der Waals surface area contributed by atoms with Gasteiger partial charge in [0.15, 0.2) is 0 Å². The molecule has 0 fully saturated rings. The summed E-state index contributed by atoms with van der Waals surface area (Å²) in [7, 11) is 1.90. The largest absolute Gasteiger partial charge is 0.378 e. The Balaban J connectivity index is 2.05. The first kappa shape index (κ1) is 15.1. The van der Waals surface area contributed by atoms with Gasteiger partial charge in [0.05, 0.1) is 12.2 Å². The first-order valence-electron chi connectivity index (χ1n) is 7.23. The average molecular weight is 286 g/mol. The van der Waals surface area contributed by atoms with E-state index in [1.165, 1.54) is 0 Å². The van der Waals surface area contributed by atoms with E-state index >= 15 is 0 Å². The van der Waals surface area contributed by atoms with Crippen LogP contribution in [0.2, 0.25) is 0 Å². The first-order valence-corrected chi connectivity index (χ1v) is 7.23. The molecular weight excluding hydrogens is 264 g/mol. The van der Waals surface area contributed by atoms with Gasteiger partial charge in [-0.25, -0.2) is 0 Å². The fourth-order valence-electron chi connectivity index (χ4n) is 2.09. The van der Waals surface area contributed by atoms with Gasteiger partial charge in [-0.05, 0) is 31.5 Å². The molecule has 2 N–H and O–H groups in total. The maximum Gasteiger partial charge on any atom is 0.251 e. The Morgan fingerprint density at radius 1 is 1.43 bits per heavy atom. The summed E-state index contributed by atoms with van der Waals surface area (Å²) in [6.07, 6.45) is 4.76. The lowest BCUT2D eigenvalue weighted by atomic mass is 10.1. The van der Waals surface area contributed by atoms with E-state index in [2.05, 4.69) is 22.7 Å². The van der Waals surface area contributed by atoms with Crippen molar-refractivity contribution in [3.8, 4) is 0 Å². The van der Waals surface area contributed by atoms with Crippen LogP contribution in [-0.2, 0) is 7.05 Å². The number of nitrogens with zero attached hydrogens (tertiary/aromatic N) is 2. The summed E-state index contributed by atoms with van der Waals surface area (Å²) in [5, 5.41) is 10.4. The van der Waals surface area contributed by atoms with E-state index in [1.54, 1.807) is 4.68 Å². The molecule has 2 rings (SSSR count). The molecule has 0 aliphatic heterocycles. The molecule has 1 aromatic heterocycles. The highest BCUT2D eigenvalue weighted by Gasteiger charge is 2.09. The van der Waals surface area contributed by atoms with Crippen molar-refractivity contribution in [1.29, 1.82) is 0 Å². The third-order valence-electron chi connectivity index (χ3n) is 3.27. The molecule has 1 amide bonds. The zero-order valence-electron chi connectivity index (χ0n) is 12.8. The van der Waals surface area contributed by atoms with Crippen LogP contribution in [0.15, 0.2) is 36.7 Å². The number of hydrogen-bond acceptors (Lipinski definition) is 3. The molecule has 0 bridgehead atoms. The summed E-state index contributed by atoms with van der Waals surface area (Å²) in [6, 6.07) is 7.68. The van der Waals surface area contributed by atoms with E-state index in [4.69, 9.17) is 0 Å². The topological polar surface area (TPSA) is 59.0 Å². The monoisotopic (exact) mass is 286 g/mol. The van der Waals surface area contributed by atoms with Crippen molar-refractivity contribution < 1.29 is 4.79 Å². The first-order chi connectivity index (χ1) is 10.1. The van der Waals surface area contributed by atoms with E-state index in [9.17, 15) is 4.79 Å². The fourth-order valence-corrected chi connectivity index (χ4v) is 2.09.